The maximum atomic E-state index is 13.7. The van der Waals surface area contributed by atoms with Gasteiger partial charge in [0.05, 0.1) is 6.04 Å². The molecule has 1 aromatic carbocycles. The van der Waals surface area contributed by atoms with Gasteiger partial charge in [-0.2, -0.15) is 0 Å². The van der Waals surface area contributed by atoms with Gasteiger partial charge in [0, 0.05) is 0 Å². The van der Waals surface area contributed by atoms with Gasteiger partial charge in [-0.3, -0.25) is 0 Å². The average Bonchev–Trinajstić information content (AvgIpc) is 2.06. The summed E-state index contributed by atoms with van der Waals surface area (Å²) in [6, 6.07) is 5.40. The molecule has 0 bridgehead atoms. The fourth-order valence-electron chi connectivity index (χ4n) is 1.46. The first-order valence-corrected chi connectivity index (χ1v) is 4.84. The van der Waals surface area contributed by atoms with Crippen LogP contribution in [0.25, 0.3) is 0 Å². The van der Waals surface area contributed by atoms with Gasteiger partial charge in [0.25, 0.3) is 0 Å². The molecule has 14 heavy (non-hydrogen) atoms. The van der Waals surface area contributed by atoms with Crippen molar-refractivity contribution in [3.05, 3.63) is 34.9 Å². The van der Waals surface area contributed by atoms with Gasteiger partial charge in [0.15, 0.2) is 0 Å². The van der Waals surface area contributed by atoms with Crippen LogP contribution in [-0.2, 0) is 0 Å². The normalized spacial score (nSPS) is 14.1. The molecule has 0 heterocycles. The molecule has 1 atom stereocenters. The summed E-state index contributed by atoms with van der Waals surface area (Å²) in [4.78, 5) is 0. The van der Waals surface area contributed by atoms with Crippen molar-refractivity contribution in [2.75, 3.05) is 0 Å². The molecule has 1 aromatic rings. The Bertz CT molecular complexity index is 326. The number of alkyl halides is 1. The summed E-state index contributed by atoms with van der Waals surface area (Å²) in [5.74, 6) is 0. The molecule has 1 nitrogen and oxygen atoms in total. The van der Waals surface area contributed by atoms with E-state index >= 15 is 0 Å². The molecule has 0 aliphatic rings. The lowest BCUT2D eigenvalue weighted by Gasteiger charge is -2.25. The van der Waals surface area contributed by atoms with E-state index in [0.29, 0.717) is 0 Å². The number of nitrogens with two attached hydrogens (primary N) is 1. The van der Waals surface area contributed by atoms with Crippen molar-refractivity contribution < 1.29 is 4.39 Å². The Morgan fingerprint density at radius 2 is 1.86 bits per heavy atom. The van der Waals surface area contributed by atoms with Gasteiger partial charge >= 0.3 is 0 Å². The summed E-state index contributed by atoms with van der Waals surface area (Å²) < 4.78 is 13.7. The predicted octanol–water partition coefficient (Wildman–Crippen LogP) is 3.05. The molecule has 0 saturated carbocycles. The Morgan fingerprint density at radius 3 is 2.36 bits per heavy atom. The minimum atomic E-state index is -1.38. The first-order chi connectivity index (χ1) is 6.32. The molecule has 0 aliphatic heterocycles. The van der Waals surface area contributed by atoms with Crippen molar-refractivity contribution >= 4 is 0 Å². The van der Waals surface area contributed by atoms with Crippen LogP contribution in [0.1, 0.15) is 36.6 Å². The topological polar surface area (TPSA) is 26.0 Å². The Morgan fingerprint density at radius 1 is 1.29 bits per heavy atom. The highest BCUT2D eigenvalue weighted by Gasteiger charge is 2.27. The molecule has 2 heteroatoms. The van der Waals surface area contributed by atoms with Gasteiger partial charge in [0.1, 0.15) is 5.67 Å². The largest absolute Gasteiger partial charge is 0.321 e. The smallest absolute Gasteiger partial charge is 0.124 e. The van der Waals surface area contributed by atoms with Crippen LogP contribution >= 0.6 is 0 Å². The van der Waals surface area contributed by atoms with Crippen molar-refractivity contribution in [3.8, 4) is 0 Å². The highest BCUT2D eigenvalue weighted by atomic mass is 19.1. The van der Waals surface area contributed by atoms with E-state index in [0.717, 1.165) is 16.7 Å². The zero-order chi connectivity index (χ0) is 10.9. The van der Waals surface area contributed by atoms with Crippen LogP contribution in [0, 0.1) is 13.8 Å². The number of benzene rings is 1. The van der Waals surface area contributed by atoms with Crippen LogP contribution in [-0.4, -0.2) is 5.67 Å². The zero-order valence-corrected chi connectivity index (χ0v) is 9.26. The summed E-state index contributed by atoms with van der Waals surface area (Å²) in [5, 5.41) is 0. The van der Waals surface area contributed by atoms with Crippen LogP contribution < -0.4 is 5.73 Å². The van der Waals surface area contributed by atoms with E-state index in [9.17, 15) is 4.39 Å². The molecule has 1 unspecified atom stereocenters. The Hall–Kier alpha value is -0.890. The SMILES string of the molecule is Cc1ccc(C)c(C(N)C(C)(C)F)c1. The fraction of sp³-hybridized carbons (Fsp3) is 0.500. The molecule has 0 amide bonds. The van der Waals surface area contributed by atoms with Crippen LogP contribution in [0.4, 0.5) is 4.39 Å². The third-order valence-electron chi connectivity index (χ3n) is 2.51. The molecular weight excluding hydrogens is 177 g/mol. The number of rotatable bonds is 2. The molecule has 0 radical (unpaired) electrons. The molecule has 1 rings (SSSR count). The summed E-state index contributed by atoms with van der Waals surface area (Å²) >= 11 is 0. The highest BCUT2D eigenvalue weighted by Crippen LogP contribution is 2.29. The first-order valence-electron chi connectivity index (χ1n) is 4.84. The van der Waals surface area contributed by atoms with Gasteiger partial charge in [-0.25, -0.2) is 4.39 Å². The number of aryl methyl sites for hydroxylation is 2. The van der Waals surface area contributed by atoms with E-state index in [-0.39, 0.29) is 0 Å². The van der Waals surface area contributed by atoms with Gasteiger partial charge in [0.2, 0.25) is 0 Å². The van der Waals surface area contributed by atoms with Gasteiger partial charge < -0.3 is 5.73 Å². The lowest BCUT2D eigenvalue weighted by molar-refractivity contribution is 0.173. The summed E-state index contributed by atoms with van der Waals surface area (Å²) in [7, 11) is 0. The fourth-order valence-corrected chi connectivity index (χ4v) is 1.46. The van der Waals surface area contributed by atoms with Crippen molar-refractivity contribution in [2.24, 2.45) is 5.73 Å². The zero-order valence-electron chi connectivity index (χ0n) is 9.26. The van der Waals surface area contributed by atoms with E-state index in [1.807, 2.05) is 32.0 Å². The van der Waals surface area contributed by atoms with E-state index in [1.165, 1.54) is 13.8 Å². The third kappa shape index (κ3) is 2.32. The molecule has 0 spiro atoms. The Balaban J connectivity index is 3.12. The molecule has 0 aromatic heterocycles. The maximum Gasteiger partial charge on any atom is 0.124 e. The summed E-state index contributed by atoms with van der Waals surface area (Å²) in [6.07, 6.45) is 0. The minimum absolute atomic E-state index is 0.553. The number of halogens is 1. The van der Waals surface area contributed by atoms with Crippen LogP contribution in [0.5, 0.6) is 0 Å². The minimum Gasteiger partial charge on any atom is -0.321 e. The van der Waals surface area contributed by atoms with Crippen LogP contribution in [0.3, 0.4) is 0 Å². The molecule has 2 N–H and O–H groups in total. The first kappa shape index (κ1) is 11.2. The predicted molar refractivity (Wildman–Crippen MR) is 58.0 cm³/mol. The monoisotopic (exact) mass is 195 g/mol. The van der Waals surface area contributed by atoms with Crippen molar-refractivity contribution in [2.45, 2.75) is 39.4 Å². The second kappa shape index (κ2) is 3.70. The van der Waals surface area contributed by atoms with Gasteiger partial charge in [-0.1, -0.05) is 23.8 Å². The van der Waals surface area contributed by atoms with Crippen molar-refractivity contribution in [1.82, 2.24) is 0 Å². The summed E-state index contributed by atoms with van der Waals surface area (Å²) in [6.45, 7) is 6.97. The van der Waals surface area contributed by atoms with Gasteiger partial charge in [-0.15, -0.1) is 0 Å². The summed E-state index contributed by atoms with van der Waals surface area (Å²) in [5.41, 5.74) is 7.56. The second-order valence-electron chi connectivity index (χ2n) is 4.40. The Labute approximate surface area is 85.1 Å². The third-order valence-corrected chi connectivity index (χ3v) is 2.51. The maximum absolute atomic E-state index is 13.7. The highest BCUT2D eigenvalue weighted by molar-refractivity contribution is 5.34. The second-order valence-corrected chi connectivity index (χ2v) is 4.40. The quantitative estimate of drug-likeness (QED) is 0.771. The van der Waals surface area contributed by atoms with E-state index in [1.54, 1.807) is 0 Å². The van der Waals surface area contributed by atoms with Crippen molar-refractivity contribution in [1.29, 1.82) is 0 Å². The van der Waals surface area contributed by atoms with Crippen LogP contribution in [0.2, 0.25) is 0 Å². The van der Waals surface area contributed by atoms with Crippen molar-refractivity contribution in [3.63, 3.8) is 0 Å². The molecule has 0 fully saturated rings. The van der Waals surface area contributed by atoms with Crippen LogP contribution in [0.15, 0.2) is 18.2 Å². The molecule has 78 valence electrons. The standard InChI is InChI=1S/C12H18FN/c1-8-5-6-9(2)10(7-8)11(14)12(3,4)13/h5-7,11H,14H2,1-4H3. The van der Waals surface area contributed by atoms with E-state index in [2.05, 4.69) is 0 Å². The average molecular weight is 195 g/mol. The number of hydrogen-bond donors (Lipinski definition) is 1. The molecule has 0 aliphatic carbocycles. The lowest BCUT2D eigenvalue weighted by Crippen LogP contribution is -2.31. The van der Waals surface area contributed by atoms with E-state index < -0.39 is 11.7 Å². The molecular formula is C12H18FN. The number of hydrogen-bond acceptors (Lipinski definition) is 1. The van der Waals surface area contributed by atoms with Gasteiger partial charge in [-0.05, 0) is 38.8 Å². The molecule has 0 saturated heterocycles. The Kier molecular flexibility index (Phi) is 2.95. The lowest BCUT2D eigenvalue weighted by atomic mass is 9.90. The van der Waals surface area contributed by atoms with E-state index in [4.69, 9.17) is 5.73 Å².